The van der Waals surface area contributed by atoms with Crippen molar-refractivity contribution in [3.8, 4) is 0 Å². The molecule has 13 heavy (non-hydrogen) atoms. The summed E-state index contributed by atoms with van der Waals surface area (Å²) in [6.07, 6.45) is -1.17. The molecule has 68 valence electrons. The first-order valence-corrected chi connectivity index (χ1v) is 3.84. The smallest absolute Gasteiger partial charge is 0.227 e. The van der Waals surface area contributed by atoms with Crippen molar-refractivity contribution in [1.29, 1.82) is 0 Å². The maximum Gasteiger partial charge on any atom is 0.280 e. The SMILES string of the molecule is FC(F)c1cc(Cl)n2nccc2n1. The Hall–Kier alpha value is -1.23. The third kappa shape index (κ3) is 1.35. The minimum Gasteiger partial charge on any atom is -0.227 e. The van der Waals surface area contributed by atoms with Crippen LogP contribution < -0.4 is 0 Å². The van der Waals surface area contributed by atoms with Crippen molar-refractivity contribution in [2.45, 2.75) is 6.43 Å². The standard InChI is InChI=1S/C7H4ClF2N3/c8-5-3-4(7(9)10)12-6-1-2-11-13(5)6/h1-3,7H. The third-order valence-electron chi connectivity index (χ3n) is 1.56. The largest absolute Gasteiger partial charge is 0.280 e. The lowest BCUT2D eigenvalue weighted by Gasteiger charge is -2.01. The van der Waals surface area contributed by atoms with Crippen LogP contribution in [0.4, 0.5) is 8.78 Å². The second-order valence-corrected chi connectivity index (χ2v) is 2.79. The number of rotatable bonds is 1. The van der Waals surface area contributed by atoms with Crippen molar-refractivity contribution in [2.75, 3.05) is 0 Å². The van der Waals surface area contributed by atoms with Gasteiger partial charge in [0.05, 0.1) is 6.20 Å². The van der Waals surface area contributed by atoms with Gasteiger partial charge in [-0.2, -0.15) is 5.10 Å². The van der Waals surface area contributed by atoms with Crippen LogP contribution in [0.1, 0.15) is 12.1 Å². The number of fused-ring (bicyclic) bond motifs is 1. The molecule has 6 heteroatoms. The summed E-state index contributed by atoms with van der Waals surface area (Å²) in [6.45, 7) is 0. The molecule has 2 aromatic rings. The van der Waals surface area contributed by atoms with E-state index >= 15 is 0 Å². The lowest BCUT2D eigenvalue weighted by atomic mass is 10.4. The van der Waals surface area contributed by atoms with Crippen molar-refractivity contribution < 1.29 is 8.78 Å². The fourth-order valence-corrected chi connectivity index (χ4v) is 1.25. The number of aromatic nitrogens is 3. The molecule has 2 heterocycles. The van der Waals surface area contributed by atoms with Crippen LogP contribution >= 0.6 is 11.6 Å². The molecule has 0 radical (unpaired) electrons. The van der Waals surface area contributed by atoms with Gasteiger partial charge >= 0.3 is 0 Å². The van der Waals surface area contributed by atoms with E-state index in [4.69, 9.17) is 11.6 Å². The number of alkyl halides is 2. The van der Waals surface area contributed by atoms with E-state index in [1.165, 1.54) is 16.8 Å². The van der Waals surface area contributed by atoms with Gasteiger partial charge in [-0.3, -0.25) is 0 Å². The molecule has 2 rings (SSSR count). The molecule has 0 N–H and O–H groups in total. The Morgan fingerprint density at radius 2 is 2.23 bits per heavy atom. The normalized spacial score (nSPS) is 11.4. The molecule has 0 saturated heterocycles. The topological polar surface area (TPSA) is 30.2 Å². The fourth-order valence-electron chi connectivity index (χ4n) is 1.01. The highest BCUT2D eigenvalue weighted by Crippen LogP contribution is 2.20. The maximum absolute atomic E-state index is 12.2. The van der Waals surface area contributed by atoms with Gasteiger partial charge in [0.2, 0.25) is 0 Å². The molecule has 0 spiro atoms. The Kier molecular flexibility index (Phi) is 1.88. The molecule has 0 unspecified atom stereocenters. The Bertz CT molecular complexity index is 440. The Morgan fingerprint density at radius 3 is 2.92 bits per heavy atom. The molecular weight excluding hydrogens is 200 g/mol. The fraction of sp³-hybridized carbons (Fsp3) is 0.143. The molecule has 0 aromatic carbocycles. The first-order valence-electron chi connectivity index (χ1n) is 3.47. The van der Waals surface area contributed by atoms with Gasteiger partial charge in [0.1, 0.15) is 10.8 Å². The number of halogens is 3. The van der Waals surface area contributed by atoms with Gasteiger partial charge in [-0.05, 0) is 0 Å². The van der Waals surface area contributed by atoms with Gasteiger partial charge in [-0.25, -0.2) is 18.3 Å². The first-order chi connectivity index (χ1) is 6.18. The molecule has 2 aromatic heterocycles. The van der Waals surface area contributed by atoms with Gasteiger partial charge in [-0.15, -0.1) is 0 Å². The Morgan fingerprint density at radius 1 is 1.46 bits per heavy atom. The number of hydrogen-bond acceptors (Lipinski definition) is 2. The minimum atomic E-state index is -2.61. The van der Waals surface area contributed by atoms with E-state index in [0.717, 1.165) is 6.07 Å². The van der Waals surface area contributed by atoms with Crippen LogP contribution in [0.15, 0.2) is 18.3 Å². The van der Waals surface area contributed by atoms with Crippen molar-refractivity contribution in [2.24, 2.45) is 0 Å². The van der Waals surface area contributed by atoms with Gasteiger partial charge in [0.15, 0.2) is 5.65 Å². The van der Waals surface area contributed by atoms with E-state index in [2.05, 4.69) is 10.1 Å². The average Bonchev–Trinajstić information content (AvgIpc) is 2.51. The Balaban J connectivity index is 2.70. The molecule has 0 aliphatic carbocycles. The third-order valence-corrected chi connectivity index (χ3v) is 1.83. The van der Waals surface area contributed by atoms with Crippen LogP contribution in [-0.4, -0.2) is 14.6 Å². The lowest BCUT2D eigenvalue weighted by Crippen LogP contribution is -1.97. The average molecular weight is 204 g/mol. The van der Waals surface area contributed by atoms with E-state index in [1.807, 2.05) is 0 Å². The molecule has 0 fully saturated rings. The van der Waals surface area contributed by atoms with Crippen molar-refractivity contribution >= 4 is 17.2 Å². The van der Waals surface area contributed by atoms with Gasteiger partial charge in [0.25, 0.3) is 6.43 Å². The predicted molar refractivity (Wildman–Crippen MR) is 43.0 cm³/mol. The summed E-state index contributed by atoms with van der Waals surface area (Å²) in [4.78, 5) is 3.66. The van der Waals surface area contributed by atoms with Crippen LogP contribution in [0.25, 0.3) is 5.65 Å². The van der Waals surface area contributed by atoms with Gasteiger partial charge in [-0.1, -0.05) is 11.6 Å². The summed E-state index contributed by atoms with van der Waals surface area (Å²) in [5, 5.41) is 3.93. The van der Waals surface area contributed by atoms with Crippen LogP contribution in [-0.2, 0) is 0 Å². The first kappa shape index (κ1) is 8.37. The molecule has 0 aliphatic heterocycles. The van der Waals surface area contributed by atoms with Gasteiger partial charge < -0.3 is 0 Å². The highest BCUT2D eigenvalue weighted by Gasteiger charge is 2.12. The second kappa shape index (κ2) is 2.92. The van der Waals surface area contributed by atoms with Gasteiger partial charge in [0, 0.05) is 12.1 Å². The zero-order chi connectivity index (χ0) is 9.42. The number of hydrogen-bond donors (Lipinski definition) is 0. The van der Waals surface area contributed by atoms with E-state index in [-0.39, 0.29) is 10.8 Å². The van der Waals surface area contributed by atoms with Crippen LogP contribution in [0, 0.1) is 0 Å². The predicted octanol–water partition coefficient (Wildman–Crippen LogP) is 2.32. The second-order valence-electron chi connectivity index (χ2n) is 2.41. The molecule has 0 atom stereocenters. The van der Waals surface area contributed by atoms with E-state index in [0.29, 0.717) is 5.65 Å². The van der Waals surface area contributed by atoms with E-state index < -0.39 is 6.43 Å². The maximum atomic E-state index is 12.2. The summed E-state index contributed by atoms with van der Waals surface area (Å²) in [6, 6.07) is 2.62. The summed E-state index contributed by atoms with van der Waals surface area (Å²) in [5.74, 6) is 0. The highest BCUT2D eigenvalue weighted by atomic mass is 35.5. The van der Waals surface area contributed by atoms with Crippen LogP contribution in [0.2, 0.25) is 5.15 Å². The minimum absolute atomic E-state index is 0.130. The van der Waals surface area contributed by atoms with Crippen LogP contribution in [0.5, 0.6) is 0 Å². The van der Waals surface area contributed by atoms with Crippen molar-refractivity contribution in [3.05, 3.63) is 29.2 Å². The Labute approximate surface area is 77.0 Å². The van der Waals surface area contributed by atoms with Crippen LogP contribution in [0.3, 0.4) is 0 Å². The summed E-state index contributed by atoms with van der Waals surface area (Å²) >= 11 is 5.67. The highest BCUT2D eigenvalue weighted by molar-refractivity contribution is 6.29. The van der Waals surface area contributed by atoms with Crippen molar-refractivity contribution in [3.63, 3.8) is 0 Å². The van der Waals surface area contributed by atoms with E-state index in [9.17, 15) is 8.78 Å². The molecule has 0 amide bonds. The van der Waals surface area contributed by atoms with Crippen molar-refractivity contribution in [1.82, 2.24) is 14.6 Å². The molecule has 0 aliphatic rings. The number of nitrogens with zero attached hydrogens (tertiary/aromatic N) is 3. The molecule has 0 bridgehead atoms. The molecular formula is C7H4ClF2N3. The van der Waals surface area contributed by atoms with E-state index in [1.54, 1.807) is 0 Å². The zero-order valence-electron chi connectivity index (χ0n) is 6.28. The molecule has 0 saturated carbocycles. The zero-order valence-corrected chi connectivity index (χ0v) is 7.04. The molecule has 3 nitrogen and oxygen atoms in total. The summed E-state index contributed by atoms with van der Waals surface area (Å²) in [5.41, 5.74) is -0.0131. The quantitative estimate of drug-likeness (QED) is 0.666. The lowest BCUT2D eigenvalue weighted by molar-refractivity contribution is 0.146. The summed E-state index contributed by atoms with van der Waals surface area (Å²) < 4.78 is 25.7. The summed E-state index contributed by atoms with van der Waals surface area (Å²) in [7, 11) is 0. The monoisotopic (exact) mass is 203 g/mol.